The van der Waals surface area contributed by atoms with Gasteiger partial charge >= 0.3 is 36.2 Å². The number of esters is 1. The number of halogens is 1. The number of amides is 12. The molecule has 37 nitrogen and oxygen atoms in total. The van der Waals surface area contributed by atoms with Gasteiger partial charge in [0.1, 0.15) is 74.4 Å². The molecule has 1 aliphatic rings. The first kappa shape index (κ1) is 98.3. The lowest BCUT2D eigenvalue weighted by Gasteiger charge is -2.29. The summed E-state index contributed by atoms with van der Waals surface area (Å²) in [7, 11) is 0. The van der Waals surface area contributed by atoms with E-state index >= 15 is 0 Å². The number of carboxylic acid groups (broad SMARTS) is 2. The van der Waals surface area contributed by atoms with Crippen molar-refractivity contribution >= 4 is 101 Å². The lowest BCUT2D eigenvalue weighted by atomic mass is 10.0. The van der Waals surface area contributed by atoms with Crippen LogP contribution in [0.5, 0.6) is 0 Å². The molecular formula is C79H113ClN12O25. The van der Waals surface area contributed by atoms with Gasteiger partial charge in [-0.2, -0.15) is 0 Å². The van der Waals surface area contributed by atoms with Crippen molar-refractivity contribution in [1.29, 1.82) is 0 Å². The predicted octanol–water partition coefficient (Wildman–Crippen LogP) is 2.30. The van der Waals surface area contributed by atoms with E-state index in [1.165, 1.54) is 39.0 Å². The zero-order valence-electron chi connectivity index (χ0n) is 66.0. The number of hydrogen-bond donors (Lipinski definition) is 18. The topological polar surface area (TPSA) is 559 Å². The largest absolute Gasteiger partial charge is 0.481 e. The van der Waals surface area contributed by atoms with Crippen LogP contribution in [0.15, 0.2) is 103 Å². The maximum Gasteiger partial charge on any atom is 0.407 e. The molecule has 38 heteroatoms. The molecule has 0 aliphatic carbocycles. The van der Waals surface area contributed by atoms with E-state index in [-0.39, 0.29) is 45.6 Å². The molecule has 18 N–H and O–H groups in total. The highest BCUT2D eigenvalue weighted by molar-refractivity contribution is 6.18. The van der Waals surface area contributed by atoms with E-state index < -0.39 is 225 Å². The Morgan fingerprint density at radius 2 is 0.932 bits per heavy atom. The quantitative estimate of drug-likeness (QED) is 0.0127. The van der Waals surface area contributed by atoms with Crippen LogP contribution in [-0.4, -0.2) is 225 Å². The van der Waals surface area contributed by atoms with Gasteiger partial charge in [0.05, 0.1) is 37.0 Å². The lowest BCUT2D eigenvalue weighted by Crippen LogP contribution is -2.63. The molecule has 4 rings (SSSR count). The Balaban J connectivity index is 1.83. The van der Waals surface area contributed by atoms with Crippen LogP contribution in [0.2, 0.25) is 0 Å². The number of carboxylic acids is 2. The van der Waals surface area contributed by atoms with Crippen LogP contribution < -0.4 is 63.8 Å². The number of nitrogens with one attached hydrogen (secondary N) is 12. The average molecular weight is 1670 g/mol. The van der Waals surface area contributed by atoms with E-state index in [2.05, 4.69) is 65.4 Å². The molecule has 3 aromatic carbocycles. The fourth-order valence-corrected chi connectivity index (χ4v) is 11.9. The van der Waals surface area contributed by atoms with Crippen molar-refractivity contribution in [3.05, 3.63) is 119 Å². The maximum atomic E-state index is 14.9. The van der Waals surface area contributed by atoms with Crippen molar-refractivity contribution in [1.82, 2.24) is 63.8 Å². The number of ether oxygens (including phenoxy) is 4. The minimum absolute atomic E-state index is 0.0238. The van der Waals surface area contributed by atoms with E-state index in [1.807, 2.05) is 5.32 Å². The Bertz CT molecular complexity index is 3700. The highest BCUT2D eigenvalue weighted by Crippen LogP contribution is 2.17. The van der Waals surface area contributed by atoms with E-state index in [0.29, 0.717) is 29.5 Å². The third-order valence-electron chi connectivity index (χ3n) is 18.3. The zero-order chi connectivity index (χ0) is 86.0. The van der Waals surface area contributed by atoms with Gasteiger partial charge in [-0.1, -0.05) is 187 Å². The molecule has 3 aromatic rings. The monoisotopic (exact) mass is 1660 g/mol. The lowest BCUT2D eigenvalue weighted by molar-refractivity contribution is -0.154. The molecule has 0 radical (unpaired) electrons. The molecule has 0 saturated carbocycles. The van der Waals surface area contributed by atoms with Gasteiger partial charge in [0.15, 0.2) is 12.1 Å². The normalized spacial score (nSPS) is 20.4. The number of alkyl halides is 1. The summed E-state index contributed by atoms with van der Waals surface area (Å²) in [6, 6.07) is 7.77. The molecule has 0 bridgehead atoms. The van der Waals surface area contributed by atoms with Crippen molar-refractivity contribution < 1.29 is 122 Å². The predicted molar refractivity (Wildman–Crippen MR) is 421 cm³/mol. The Labute approximate surface area is 683 Å². The van der Waals surface area contributed by atoms with Crippen LogP contribution in [0.3, 0.4) is 0 Å². The summed E-state index contributed by atoms with van der Waals surface area (Å²) in [6.07, 6.45) is -0.765. The fourth-order valence-electron chi connectivity index (χ4n) is 11.7. The molecule has 12 amide bonds. The summed E-state index contributed by atoms with van der Waals surface area (Å²) in [5, 5.41) is 92.1. The Morgan fingerprint density at radius 3 is 1.38 bits per heavy atom. The number of benzene rings is 3. The van der Waals surface area contributed by atoms with Gasteiger partial charge in [-0.05, 0) is 69.1 Å². The van der Waals surface area contributed by atoms with Crippen LogP contribution in [0.25, 0.3) is 0 Å². The average Bonchev–Trinajstić information content (AvgIpc) is 0.845. The van der Waals surface area contributed by atoms with Crippen LogP contribution >= 0.6 is 11.6 Å². The molecular weight excluding hydrogens is 1550 g/mol. The number of alkyl carbamates (subject to hydrolysis) is 3. The number of allylic oxidation sites excluding steroid dienone is 1. The molecule has 1 fully saturated rings. The minimum atomic E-state index is -2.98. The number of rotatable bonds is 41. The van der Waals surface area contributed by atoms with Gasteiger partial charge in [-0.3, -0.25) is 47.9 Å². The standard InChI is InChI=1S/C79H113ClN12O25/c1-4-6-7-8-9-10-11-12-13-14-15-16-26-35-53(94)42-61(96)84-59-48-114-76(110)64(60(95)44-80)91-67(100)54(5-2)85-73(106)63(49(3)93)90-70(103)57(38-41-83-79(113)117-47-52-33-24-19-25-34-52)87-68(101)55(36-27-28-39-81-77(111)115-45-50-29-20-17-21-30-50)86-71(104)58(43-62(97)98)89-69(102)56(88-74(107)65(92-72(59)105)66(99)75(108)109)37-40-82-78(112)116-46-51-31-22-18-23-32-51/h5,17-25,29-34,49,53,55-60,63-66,93-95,99H,4,6-16,26-28,35-48H2,1-3H3,(H,81,111)(H,82,112)(H,83,113)(H,84,96)(H,85,106)(H,86,104)(H,87,101)(H,88,107)(H,89,102)(H,90,103)(H,91,100)(H,92,105)(H,97,98)(H,108,109)/b54-5+/t49-,53+,55?,56+,57-,58?,59?,60+,63?,64?,65?,66-/m0/s1. The molecule has 646 valence electrons. The van der Waals surface area contributed by atoms with Crippen molar-refractivity contribution in [2.75, 3.05) is 32.1 Å². The Morgan fingerprint density at radius 1 is 0.504 bits per heavy atom. The summed E-state index contributed by atoms with van der Waals surface area (Å²) < 4.78 is 21.2. The van der Waals surface area contributed by atoms with Gasteiger partial charge in [-0.15, -0.1) is 11.6 Å². The first-order valence-corrected chi connectivity index (χ1v) is 39.7. The van der Waals surface area contributed by atoms with Gasteiger partial charge in [-0.25, -0.2) is 24.0 Å². The second-order valence-electron chi connectivity index (χ2n) is 27.9. The van der Waals surface area contributed by atoms with Crippen LogP contribution in [0.4, 0.5) is 14.4 Å². The van der Waals surface area contributed by atoms with Crippen molar-refractivity contribution in [2.24, 2.45) is 0 Å². The SMILES string of the molecule is C/C=C1/NC(=O)C([C@H](C)O)NC(=O)[C@H](CCNC(=O)OCc2ccccc2)NC(=O)C(CCCCNC(=O)OCc2ccccc2)NC(=O)C(CC(=O)O)NC(=O)[C@@H](CCNC(=O)OCc2ccccc2)NC(=O)C([C@H](O)C(=O)O)NC(=O)C(NC(=O)C[C@H](O)CCCCCCCCCCCCCCC)COC(=O)C([C@H](O)CCl)NC1=O. The molecule has 0 spiro atoms. The molecule has 1 heterocycles. The third kappa shape index (κ3) is 39.5. The smallest absolute Gasteiger partial charge is 0.407 e. The second-order valence-corrected chi connectivity index (χ2v) is 28.2. The molecule has 12 atom stereocenters. The van der Waals surface area contributed by atoms with E-state index in [0.717, 1.165) is 51.5 Å². The van der Waals surface area contributed by atoms with Crippen molar-refractivity contribution in [3.8, 4) is 0 Å². The summed E-state index contributed by atoms with van der Waals surface area (Å²) >= 11 is 6.01. The first-order valence-electron chi connectivity index (χ1n) is 39.2. The van der Waals surface area contributed by atoms with Crippen LogP contribution in [0.1, 0.15) is 172 Å². The van der Waals surface area contributed by atoms with Crippen LogP contribution in [0, 0.1) is 0 Å². The number of carbonyl (C=O) groups is 15. The number of aliphatic carboxylic acids is 2. The Hall–Kier alpha value is -11.0. The first-order chi connectivity index (χ1) is 56.0. The highest BCUT2D eigenvalue weighted by Gasteiger charge is 2.41. The number of unbranched alkanes of at least 4 members (excludes halogenated alkanes) is 13. The van der Waals surface area contributed by atoms with Crippen LogP contribution in [-0.2, 0) is 96.3 Å². The number of cyclic esters (lactones) is 1. The zero-order valence-corrected chi connectivity index (χ0v) is 66.7. The molecule has 117 heavy (non-hydrogen) atoms. The number of carbonyl (C=O) groups excluding carboxylic acids is 13. The van der Waals surface area contributed by atoms with E-state index in [9.17, 15) is 103 Å². The van der Waals surface area contributed by atoms with E-state index in [1.54, 1.807) is 91.0 Å². The van der Waals surface area contributed by atoms with Gasteiger partial charge in [0.2, 0.25) is 47.3 Å². The minimum Gasteiger partial charge on any atom is -0.481 e. The fraction of sp³-hybridized carbons (Fsp3) is 0.557. The summed E-state index contributed by atoms with van der Waals surface area (Å²) in [6.45, 7) is 1.19. The van der Waals surface area contributed by atoms with Crippen molar-refractivity contribution in [2.45, 2.75) is 248 Å². The molecule has 6 unspecified atom stereocenters. The third-order valence-corrected chi connectivity index (χ3v) is 18.7. The Kier molecular flexibility index (Phi) is 46.7. The number of aliphatic hydroxyl groups is 4. The summed E-state index contributed by atoms with van der Waals surface area (Å²) in [5.41, 5.74) is 1.03. The summed E-state index contributed by atoms with van der Waals surface area (Å²) in [4.78, 5) is 209. The second kappa shape index (κ2) is 55.5. The number of hydrogen-bond acceptors (Lipinski definition) is 23. The van der Waals surface area contributed by atoms with Gasteiger partial charge in [0.25, 0.3) is 5.91 Å². The molecule has 1 aliphatic heterocycles. The highest BCUT2D eigenvalue weighted by atomic mass is 35.5. The summed E-state index contributed by atoms with van der Waals surface area (Å²) in [5.74, 6) is -19.2. The maximum absolute atomic E-state index is 14.9. The molecule has 1 saturated heterocycles. The van der Waals surface area contributed by atoms with Crippen molar-refractivity contribution in [3.63, 3.8) is 0 Å². The van der Waals surface area contributed by atoms with E-state index in [4.69, 9.17) is 30.5 Å². The van der Waals surface area contributed by atoms with Gasteiger partial charge in [0, 0.05) is 19.6 Å². The van der Waals surface area contributed by atoms with Gasteiger partial charge < -0.3 is 113 Å². The molecule has 0 aromatic heterocycles. The number of aliphatic hydroxyl groups excluding tert-OH is 4.